The minimum absolute atomic E-state index is 0.0251. The highest BCUT2D eigenvalue weighted by Gasteiger charge is 2.35. The predicted molar refractivity (Wildman–Crippen MR) is 159 cm³/mol. The highest BCUT2D eigenvalue weighted by Crippen LogP contribution is 2.29. The van der Waals surface area contributed by atoms with E-state index in [1.54, 1.807) is 55.5 Å². The second-order valence-corrected chi connectivity index (χ2v) is 12.6. The van der Waals surface area contributed by atoms with Crippen LogP contribution in [0.4, 0.5) is 10.1 Å². The summed E-state index contributed by atoms with van der Waals surface area (Å²) in [6, 6.07) is 16.6. The van der Waals surface area contributed by atoms with Crippen LogP contribution in [-0.2, 0) is 26.2 Å². The molecule has 3 aromatic carbocycles. The number of rotatable bonds is 11. The number of para-hydroxylation sites is 1. The van der Waals surface area contributed by atoms with Gasteiger partial charge in [0.25, 0.3) is 10.0 Å². The molecule has 1 fully saturated rings. The van der Waals surface area contributed by atoms with Crippen LogP contribution in [0.15, 0.2) is 77.7 Å². The lowest BCUT2D eigenvalue weighted by molar-refractivity contribution is -0.140. The molecule has 0 unspecified atom stereocenters. The van der Waals surface area contributed by atoms with Gasteiger partial charge in [-0.05, 0) is 67.8 Å². The van der Waals surface area contributed by atoms with Gasteiger partial charge in [-0.15, -0.1) is 0 Å². The Morgan fingerprint density at radius 1 is 0.951 bits per heavy atom. The first kappa shape index (κ1) is 30.8. The largest absolute Gasteiger partial charge is 0.352 e. The quantitative estimate of drug-likeness (QED) is 0.277. The Morgan fingerprint density at radius 2 is 1.56 bits per heavy atom. The second kappa shape index (κ2) is 13.7. The fourth-order valence-electron chi connectivity index (χ4n) is 5.00. The smallest absolute Gasteiger partial charge is 0.264 e. The van der Waals surface area contributed by atoms with Crippen LogP contribution in [0.2, 0.25) is 10.0 Å². The highest BCUT2D eigenvalue weighted by atomic mass is 35.5. The molecule has 0 aromatic heterocycles. The summed E-state index contributed by atoms with van der Waals surface area (Å²) >= 11 is 12.9. The minimum Gasteiger partial charge on any atom is -0.352 e. The molecule has 7 nitrogen and oxygen atoms in total. The second-order valence-electron chi connectivity index (χ2n) is 9.94. The number of carbonyl (C=O) groups excluding carboxylic acids is 2. The number of halogens is 3. The summed E-state index contributed by atoms with van der Waals surface area (Å²) in [4.78, 5) is 28.8. The third kappa shape index (κ3) is 7.39. The first-order chi connectivity index (χ1) is 19.6. The summed E-state index contributed by atoms with van der Waals surface area (Å²) < 4.78 is 42.1. The molecule has 0 radical (unpaired) electrons. The van der Waals surface area contributed by atoms with Gasteiger partial charge in [-0.2, -0.15) is 0 Å². The Balaban J connectivity index is 1.72. The van der Waals surface area contributed by atoms with Crippen molar-refractivity contribution in [1.82, 2.24) is 10.2 Å². The van der Waals surface area contributed by atoms with Crippen molar-refractivity contribution in [1.29, 1.82) is 0 Å². The van der Waals surface area contributed by atoms with Crippen LogP contribution in [0, 0.1) is 5.82 Å². The standard InChI is InChI=1S/C30H32Cl2FN3O4S/c1-2-28(30(38)34-22-9-6-7-10-22)35(19-25-26(31)13-8-14-27(25)32)29(37)20-36(23-11-4-3-5-12-23)41(39,40)24-17-15-21(33)16-18-24/h3-5,8,11-18,22,28H,2,6-7,9-10,19-20H2,1H3,(H,34,38)/t28-/m1/s1. The lowest BCUT2D eigenvalue weighted by atomic mass is 10.1. The van der Waals surface area contributed by atoms with Crippen LogP contribution in [0.1, 0.15) is 44.6 Å². The SMILES string of the molecule is CC[C@H](C(=O)NC1CCCC1)N(Cc1c(Cl)cccc1Cl)C(=O)CN(c1ccccc1)S(=O)(=O)c1ccc(F)cc1. The molecule has 0 aliphatic heterocycles. The minimum atomic E-state index is -4.29. The third-order valence-electron chi connectivity index (χ3n) is 7.20. The summed E-state index contributed by atoms with van der Waals surface area (Å²) in [5.74, 6) is -1.53. The van der Waals surface area contributed by atoms with Gasteiger partial charge in [0.1, 0.15) is 18.4 Å². The number of sulfonamides is 1. The molecule has 0 heterocycles. The van der Waals surface area contributed by atoms with Crippen molar-refractivity contribution < 1.29 is 22.4 Å². The van der Waals surface area contributed by atoms with E-state index < -0.39 is 34.3 Å². The average molecular weight is 621 g/mol. The van der Waals surface area contributed by atoms with Crippen LogP contribution in [-0.4, -0.2) is 43.8 Å². The van der Waals surface area contributed by atoms with Crippen molar-refractivity contribution in [3.05, 3.63) is 94.2 Å². The molecule has 1 saturated carbocycles. The molecule has 218 valence electrons. The van der Waals surface area contributed by atoms with Crippen molar-refractivity contribution >= 4 is 50.7 Å². The highest BCUT2D eigenvalue weighted by molar-refractivity contribution is 7.92. The Bertz CT molecular complexity index is 1450. The van der Waals surface area contributed by atoms with Crippen LogP contribution in [0.5, 0.6) is 0 Å². The predicted octanol–water partition coefficient (Wildman–Crippen LogP) is 6.19. The summed E-state index contributed by atoms with van der Waals surface area (Å²) in [7, 11) is -4.29. The van der Waals surface area contributed by atoms with Gasteiger partial charge in [-0.3, -0.25) is 13.9 Å². The molecule has 1 aliphatic rings. The van der Waals surface area contributed by atoms with Gasteiger partial charge < -0.3 is 10.2 Å². The zero-order valence-corrected chi connectivity index (χ0v) is 24.9. The molecule has 0 spiro atoms. The zero-order valence-electron chi connectivity index (χ0n) is 22.6. The van der Waals surface area contributed by atoms with Gasteiger partial charge in [0, 0.05) is 28.2 Å². The molecule has 1 aliphatic carbocycles. The lowest BCUT2D eigenvalue weighted by Gasteiger charge is -2.34. The summed E-state index contributed by atoms with van der Waals surface area (Å²) in [6.07, 6.45) is 4.05. The van der Waals surface area contributed by atoms with E-state index in [1.165, 1.54) is 4.90 Å². The zero-order chi connectivity index (χ0) is 29.6. The number of amides is 2. The number of nitrogens with one attached hydrogen (secondary N) is 1. The fraction of sp³-hybridized carbons (Fsp3) is 0.333. The van der Waals surface area contributed by atoms with E-state index in [1.807, 2.05) is 0 Å². The topological polar surface area (TPSA) is 86.8 Å². The maximum atomic E-state index is 14.1. The van der Waals surface area contributed by atoms with Crippen LogP contribution in [0.3, 0.4) is 0 Å². The first-order valence-electron chi connectivity index (χ1n) is 13.5. The third-order valence-corrected chi connectivity index (χ3v) is 9.70. The van der Waals surface area contributed by atoms with Gasteiger partial charge in [-0.25, -0.2) is 12.8 Å². The Morgan fingerprint density at radius 3 is 2.15 bits per heavy atom. The molecule has 0 saturated heterocycles. The molecule has 2 amide bonds. The normalized spacial score (nSPS) is 14.4. The fourth-order valence-corrected chi connectivity index (χ4v) is 6.93. The van der Waals surface area contributed by atoms with Crippen LogP contribution >= 0.6 is 23.2 Å². The van der Waals surface area contributed by atoms with Gasteiger partial charge in [-0.1, -0.05) is 67.2 Å². The maximum absolute atomic E-state index is 14.1. The van der Waals surface area contributed by atoms with Crippen LogP contribution < -0.4 is 9.62 Å². The Kier molecular flexibility index (Phi) is 10.3. The van der Waals surface area contributed by atoms with E-state index >= 15 is 0 Å². The van der Waals surface area contributed by atoms with Crippen molar-refractivity contribution in [2.24, 2.45) is 0 Å². The molecular formula is C30H32Cl2FN3O4S. The molecule has 4 rings (SSSR count). The van der Waals surface area contributed by atoms with Crippen molar-refractivity contribution in [2.75, 3.05) is 10.8 Å². The van der Waals surface area contributed by atoms with Gasteiger partial charge >= 0.3 is 0 Å². The molecule has 1 atom stereocenters. The van der Waals surface area contributed by atoms with Gasteiger partial charge in [0.15, 0.2) is 0 Å². The van der Waals surface area contributed by atoms with Crippen molar-refractivity contribution in [3.8, 4) is 0 Å². The maximum Gasteiger partial charge on any atom is 0.264 e. The molecule has 0 bridgehead atoms. The average Bonchev–Trinajstić information content (AvgIpc) is 3.46. The van der Waals surface area contributed by atoms with Crippen LogP contribution in [0.25, 0.3) is 0 Å². The van der Waals surface area contributed by atoms with E-state index in [-0.39, 0.29) is 35.5 Å². The lowest BCUT2D eigenvalue weighted by Crippen LogP contribution is -2.53. The van der Waals surface area contributed by atoms with E-state index in [9.17, 15) is 22.4 Å². The van der Waals surface area contributed by atoms with Gasteiger partial charge in [0.05, 0.1) is 10.6 Å². The number of hydrogen-bond acceptors (Lipinski definition) is 4. The first-order valence-corrected chi connectivity index (χ1v) is 15.7. The Hall–Kier alpha value is -3.14. The molecule has 3 aromatic rings. The van der Waals surface area contributed by atoms with Crippen molar-refractivity contribution in [3.63, 3.8) is 0 Å². The number of benzene rings is 3. The molecular weight excluding hydrogens is 588 g/mol. The molecule has 1 N–H and O–H groups in total. The molecule has 41 heavy (non-hydrogen) atoms. The summed E-state index contributed by atoms with van der Waals surface area (Å²) in [5, 5.41) is 3.70. The number of carbonyl (C=O) groups is 2. The molecule has 11 heteroatoms. The van der Waals surface area contributed by atoms with Gasteiger partial charge in [0.2, 0.25) is 11.8 Å². The van der Waals surface area contributed by atoms with E-state index in [0.29, 0.717) is 15.6 Å². The van der Waals surface area contributed by atoms with E-state index in [4.69, 9.17) is 23.2 Å². The number of anilines is 1. The number of nitrogens with zero attached hydrogens (tertiary/aromatic N) is 2. The Labute approximate surface area is 250 Å². The monoisotopic (exact) mass is 619 g/mol. The number of hydrogen-bond donors (Lipinski definition) is 1. The summed E-state index contributed by atoms with van der Waals surface area (Å²) in [5.41, 5.74) is 0.688. The van der Waals surface area contributed by atoms with Crippen molar-refractivity contribution in [2.45, 2.75) is 62.6 Å². The summed E-state index contributed by atoms with van der Waals surface area (Å²) in [6.45, 7) is 1.07. The van der Waals surface area contributed by atoms with E-state index in [0.717, 1.165) is 54.3 Å². The van der Waals surface area contributed by atoms with E-state index in [2.05, 4.69) is 5.32 Å².